The lowest BCUT2D eigenvalue weighted by molar-refractivity contribution is 0.304. The van der Waals surface area contributed by atoms with Gasteiger partial charge >= 0.3 is 0 Å². The third-order valence-electron chi connectivity index (χ3n) is 9.53. The Kier molecular flexibility index (Phi) is 11.9. The number of halogens is 1. The standard InChI is InChI=1S/C22H25FN2O.C21H26N2O/c1-2-5-15-10-11-24-13-19(15)20(23)14-26-16-8-9-18-17-6-3-4-7-21(17)25-22(18)12-16;1-4-8-18-20(24-14-7-13-22-15(2)3)12-11-17-16-9-5-6-10-19(16)23-21(17)18/h3-4,6-9,12,15,24-25H,2,5,10-11,13-14H2,1H3;4-6,9-12,15,22-23H,1,7-8,13-14H2,2-3H3/b20-19-;. The van der Waals surface area contributed by atoms with Crippen molar-refractivity contribution in [3.8, 4) is 11.5 Å². The summed E-state index contributed by atoms with van der Waals surface area (Å²) in [6, 6.07) is 27.3. The van der Waals surface area contributed by atoms with E-state index in [0.717, 1.165) is 90.6 Å². The maximum Gasteiger partial charge on any atom is 0.140 e. The number of H-pyrrole nitrogens is 2. The molecule has 7 heteroatoms. The molecular weight excluding hydrogens is 623 g/mol. The fourth-order valence-corrected chi connectivity index (χ4v) is 7.05. The van der Waals surface area contributed by atoms with Crippen LogP contribution in [0.2, 0.25) is 0 Å². The summed E-state index contributed by atoms with van der Waals surface area (Å²) in [6.45, 7) is 13.7. The summed E-state index contributed by atoms with van der Waals surface area (Å²) in [7, 11) is 0. The van der Waals surface area contributed by atoms with Crippen molar-refractivity contribution in [2.75, 3.05) is 32.8 Å². The van der Waals surface area contributed by atoms with Crippen molar-refractivity contribution >= 4 is 43.6 Å². The van der Waals surface area contributed by atoms with Crippen LogP contribution in [0.1, 0.15) is 52.0 Å². The second kappa shape index (κ2) is 16.9. The molecule has 0 amide bonds. The Morgan fingerprint density at radius 1 is 0.920 bits per heavy atom. The van der Waals surface area contributed by atoms with Crippen LogP contribution in [0.3, 0.4) is 0 Å². The van der Waals surface area contributed by atoms with Gasteiger partial charge in [0.05, 0.1) is 17.6 Å². The van der Waals surface area contributed by atoms with E-state index < -0.39 is 0 Å². The number of fused-ring (bicyclic) bond motifs is 6. The largest absolute Gasteiger partial charge is 0.493 e. The number of aromatic amines is 2. The van der Waals surface area contributed by atoms with Gasteiger partial charge in [-0.05, 0) is 86.7 Å². The number of hydrogen-bond acceptors (Lipinski definition) is 4. The molecule has 4 N–H and O–H groups in total. The highest BCUT2D eigenvalue weighted by Gasteiger charge is 2.22. The van der Waals surface area contributed by atoms with Gasteiger partial charge in [0.1, 0.15) is 23.9 Å². The Hall–Kier alpha value is -4.59. The zero-order valence-electron chi connectivity index (χ0n) is 29.7. The lowest BCUT2D eigenvalue weighted by Crippen LogP contribution is -2.31. The summed E-state index contributed by atoms with van der Waals surface area (Å²) in [4.78, 5) is 6.95. The number of allylic oxidation sites excluding steroid dienone is 1. The normalized spacial score (nSPS) is 15.8. The van der Waals surface area contributed by atoms with E-state index in [-0.39, 0.29) is 12.4 Å². The summed E-state index contributed by atoms with van der Waals surface area (Å²) in [6.07, 6.45) is 6.87. The molecule has 1 aliphatic heterocycles. The summed E-state index contributed by atoms with van der Waals surface area (Å²) in [5, 5.41) is 11.6. The molecule has 0 radical (unpaired) electrons. The first-order valence-corrected chi connectivity index (χ1v) is 18.2. The second-order valence-corrected chi connectivity index (χ2v) is 13.5. The average Bonchev–Trinajstić information content (AvgIpc) is 3.70. The molecule has 6 nitrogen and oxygen atoms in total. The maximum atomic E-state index is 14.7. The van der Waals surface area contributed by atoms with Crippen molar-refractivity contribution in [1.29, 1.82) is 0 Å². The van der Waals surface area contributed by atoms with E-state index in [0.29, 0.717) is 24.3 Å². The van der Waals surface area contributed by atoms with E-state index >= 15 is 0 Å². The van der Waals surface area contributed by atoms with Crippen LogP contribution >= 0.6 is 0 Å². The smallest absolute Gasteiger partial charge is 0.140 e. The van der Waals surface area contributed by atoms with Gasteiger partial charge in [0, 0.05) is 56.8 Å². The number of hydrogen-bond donors (Lipinski definition) is 4. The Labute approximate surface area is 295 Å². The summed E-state index contributed by atoms with van der Waals surface area (Å²) >= 11 is 0. The predicted molar refractivity (Wildman–Crippen MR) is 208 cm³/mol. The highest BCUT2D eigenvalue weighted by atomic mass is 19.1. The lowest BCUT2D eigenvalue weighted by atomic mass is 9.88. The molecule has 4 aromatic carbocycles. The molecule has 1 saturated heterocycles. The Bertz CT molecular complexity index is 2070. The molecule has 50 heavy (non-hydrogen) atoms. The Morgan fingerprint density at radius 2 is 1.64 bits per heavy atom. The van der Waals surface area contributed by atoms with Gasteiger partial charge in [0.15, 0.2) is 0 Å². The molecule has 6 aromatic rings. The van der Waals surface area contributed by atoms with Gasteiger partial charge in [0.2, 0.25) is 0 Å². The van der Waals surface area contributed by atoms with Gasteiger partial charge in [-0.25, -0.2) is 4.39 Å². The van der Waals surface area contributed by atoms with E-state index in [2.05, 4.69) is 96.5 Å². The van der Waals surface area contributed by atoms with Crippen LogP contribution in [0, 0.1) is 5.92 Å². The molecule has 0 bridgehead atoms. The second-order valence-electron chi connectivity index (χ2n) is 13.5. The molecular formula is C43H51FN4O2. The van der Waals surface area contributed by atoms with E-state index in [4.69, 9.17) is 9.47 Å². The molecule has 2 aromatic heterocycles. The van der Waals surface area contributed by atoms with Crippen LogP contribution in [-0.2, 0) is 6.42 Å². The first-order chi connectivity index (χ1) is 24.5. The molecule has 1 aliphatic rings. The van der Waals surface area contributed by atoms with Crippen LogP contribution in [0.15, 0.2) is 103 Å². The Morgan fingerprint density at radius 3 is 2.40 bits per heavy atom. The zero-order chi connectivity index (χ0) is 34.9. The number of aromatic nitrogens is 2. The third kappa shape index (κ3) is 8.23. The highest BCUT2D eigenvalue weighted by molar-refractivity contribution is 6.09. The topological polar surface area (TPSA) is 74.1 Å². The summed E-state index contributed by atoms with van der Waals surface area (Å²) in [5.74, 6) is 1.88. The van der Waals surface area contributed by atoms with Crippen molar-refractivity contribution in [3.05, 3.63) is 108 Å². The Balaban J connectivity index is 0.000000174. The summed E-state index contributed by atoms with van der Waals surface area (Å²) < 4.78 is 26.6. The van der Waals surface area contributed by atoms with E-state index in [1.807, 2.05) is 36.4 Å². The van der Waals surface area contributed by atoms with Gasteiger partial charge in [-0.1, -0.05) is 69.7 Å². The maximum absolute atomic E-state index is 14.7. The molecule has 7 rings (SSSR count). The molecule has 0 saturated carbocycles. The minimum Gasteiger partial charge on any atom is -0.493 e. The highest BCUT2D eigenvalue weighted by Crippen LogP contribution is 2.34. The van der Waals surface area contributed by atoms with Gasteiger partial charge in [-0.15, -0.1) is 6.58 Å². The van der Waals surface area contributed by atoms with Crippen molar-refractivity contribution in [2.24, 2.45) is 5.92 Å². The minimum atomic E-state index is -0.118. The molecule has 0 spiro atoms. The molecule has 1 unspecified atom stereocenters. The first-order valence-electron chi connectivity index (χ1n) is 18.2. The van der Waals surface area contributed by atoms with Crippen molar-refractivity contribution < 1.29 is 13.9 Å². The van der Waals surface area contributed by atoms with Crippen LogP contribution in [0.25, 0.3) is 43.6 Å². The van der Waals surface area contributed by atoms with Crippen LogP contribution in [0.4, 0.5) is 4.39 Å². The first kappa shape index (κ1) is 35.2. The number of rotatable bonds is 13. The monoisotopic (exact) mass is 674 g/mol. The SMILES string of the molecule is C=CCc1c(OCCCNC(C)C)ccc2c1[nH]c1ccccc12.CCCC1CCNC/C1=C(/F)COc1ccc2c(c1)[nH]c1ccccc12. The van der Waals surface area contributed by atoms with Gasteiger partial charge in [-0.2, -0.15) is 0 Å². The van der Waals surface area contributed by atoms with E-state index in [9.17, 15) is 4.39 Å². The molecule has 1 atom stereocenters. The van der Waals surface area contributed by atoms with Crippen LogP contribution < -0.4 is 20.1 Å². The van der Waals surface area contributed by atoms with Crippen LogP contribution in [-0.4, -0.2) is 48.9 Å². The fraction of sp³-hybridized carbons (Fsp3) is 0.349. The number of para-hydroxylation sites is 2. The van der Waals surface area contributed by atoms with Crippen molar-refractivity contribution in [3.63, 3.8) is 0 Å². The molecule has 1 fully saturated rings. The van der Waals surface area contributed by atoms with Gasteiger partial charge in [-0.3, -0.25) is 0 Å². The van der Waals surface area contributed by atoms with Crippen molar-refractivity contribution in [1.82, 2.24) is 20.6 Å². The quantitative estimate of drug-likeness (QED) is 0.0727. The molecule has 262 valence electrons. The number of benzene rings is 4. The number of nitrogens with one attached hydrogen (secondary N) is 4. The van der Waals surface area contributed by atoms with Gasteiger partial charge < -0.3 is 30.1 Å². The van der Waals surface area contributed by atoms with E-state index in [1.165, 1.54) is 21.7 Å². The zero-order valence-corrected chi connectivity index (χ0v) is 29.7. The van der Waals surface area contributed by atoms with Gasteiger partial charge in [0.25, 0.3) is 0 Å². The van der Waals surface area contributed by atoms with Crippen molar-refractivity contribution in [2.45, 2.75) is 58.9 Å². The minimum absolute atomic E-state index is 0.00294. The fourth-order valence-electron chi connectivity index (χ4n) is 7.05. The number of piperidine rings is 1. The number of ether oxygens (including phenoxy) is 2. The average molecular weight is 675 g/mol. The lowest BCUT2D eigenvalue weighted by Gasteiger charge is -2.26. The van der Waals surface area contributed by atoms with E-state index in [1.54, 1.807) is 0 Å². The molecule has 0 aliphatic carbocycles. The predicted octanol–water partition coefficient (Wildman–Crippen LogP) is 10.1. The third-order valence-corrected chi connectivity index (χ3v) is 9.53. The molecule has 3 heterocycles. The van der Waals surface area contributed by atoms with Crippen LogP contribution in [0.5, 0.6) is 11.5 Å². The summed E-state index contributed by atoms with van der Waals surface area (Å²) in [5.41, 5.74) is 6.52.